The lowest BCUT2D eigenvalue weighted by atomic mass is 10.1. The summed E-state index contributed by atoms with van der Waals surface area (Å²) >= 11 is 0. The van der Waals surface area contributed by atoms with Gasteiger partial charge in [0.2, 0.25) is 0 Å². The van der Waals surface area contributed by atoms with Gasteiger partial charge < -0.3 is 10.6 Å². The fourth-order valence-corrected chi connectivity index (χ4v) is 1.88. The summed E-state index contributed by atoms with van der Waals surface area (Å²) in [4.78, 5) is 5.73. The van der Waals surface area contributed by atoms with E-state index >= 15 is 0 Å². The molecule has 0 aliphatic carbocycles. The van der Waals surface area contributed by atoms with E-state index in [9.17, 15) is 4.39 Å². The summed E-state index contributed by atoms with van der Waals surface area (Å²) in [6.45, 7) is 0.329. The van der Waals surface area contributed by atoms with Crippen molar-refractivity contribution in [2.45, 2.75) is 6.54 Å². The third-order valence-electron chi connectivity index (χ3n) is 2.85. The maximum Gasteiger partial charge on any atom is 0.145 e. The van der Waals surface area contributed by atoms with Crippen LogP contribution in [0.4, 0.5) is 15.8 Å². The third-order valence-corrected chi connectivity index (χ3v) is 2.85. The topological polar surface area (TPSA) is 65.9 Å². The van der Waals surface area contributed by atoms with Crippen molar-refractivity contribution in [3.63, 3.8) is 0 Å². The van der Waals surface area contributed by atoms with Crippen LogP contribution in [0.2, 0.25) is 0 Å². The quantitative estimate of drug-likeness (QED) is 0.915. The van der Waals surface area contributed by atoms with E-state index in [0.29, 0.717) is 17.8 Å². The number of nitriles is 1. The molecule has 5 heteroatoms. The number of nitrogens with zero attached hydrogens (tertiary/aromatic N) is 3. The maximum absolute atomic E-state index is 14.0. The molecule has 96 valence electrons. The summed E-state index contributed by atoms with van der Waals surface area (Å²) in [5.41, 5.74) is 7.63. The van der Waals surface area contributed by atoms with E-state index in [1.165, 1.54) is 6.07 Å². The van der Waals surface area contributed by atoms with Crippen LogP contribution in [-0.2, 0) is 6.54 Å². The molecule has 2 aromatic rings. The Bertz CT molecular complexity index is 634. The van der Waals surface area contributed by atoms with Crippen LogP contribution in [0.3, 0.4) is 0 Å². The Kier molecular flexibility index (Phi) is 3.62. The molecule has 0 radical (unpaired) electrons. The van der Waals surface area contributed by atoms with E-state index in [1.54, 1.807) is 30.6 Å². The zero-order chi connectivity index (χ0) is 13.8. The summed E-state index contributed by atoms with van der Waals surface area (Å²) in [7, 11) is 1.81. The first-order valence-electron chi connectivity index (χ1n) is 5.71. The van der Waals surface area contributed by atoms with E-state index in [-0.39, 0.29) is 5.56 Å². The molecule has 2 rings (SSSR count). The van der Waals surface area contributed by atoms with Gasteiger partial charge in [0.25, 0.3) is 0 Å². The highest BCUT2D eigenvalue weighted by molar-refractivity contribution is 5.65. The van der Waals surface area contributed by atoms with E-state index in [2.05, 4.69) is 4.98 Å². The van der Waals surface area contributed by atoms with Crippen LogP contribution in [0, 0.1) is 17.1 Å². The van der Waals surface area contributed by atoms with Gasteiger partial charge >= 0.3 is 0 Å². The number of anilines is 2. The van der Waals surface area contributed by atoms with Crippen molar-refractivity contribution < 1.29 is 4.39 Å². The number of hydrogen-bond acceptors (Lipinski definition) is 4. The summed E-state index contributed by atoms with van der Waals surface area (Å²) in [5, 5.41) is 8.81. The average molecular weight is 256 g/mol. The lowest BCUT2D eigenvalue weighted by Crippen LogP contribution is -2.19. The zero-order valence-corrected chi connectivity index (χ0v) is 10.5. The Morgan fingerprint density at radius 3 is 2.89 bits per heavy atom. The molecule has 19 heavy (non-hydrogen) atoms. The number of aromatic nitrogens is 1. The Hall–Kier alpha value is -2.61. The predicted octanol–water partition coefficient (Wildman–Crippen LogP) is 2.31. The van der Waals surface area contributed by atoms with Crippen molar-refractivity contribution in [3.05, 3.63) is 53.6 Å². The Morgan fingerprint density at radius 1 is 1.42 bits per heavy atom. The smallest absolute Gasteiger partial charge is 0.145 e. The second-order valence-corrected chi connectivity index (χ2v) is 4.18. The first kappa shape index (κ1) is 12.8. The van der Waals surface area contributed by atoms with Crippen LogP contribution in [-0.4, -0.2) is 12.0 Å². The summed E-state index contributed by atoms with van der Waals surface area (Å²) in [6.07, 6.45) is 3.18. The minimum atomic E-state index is -0.482. The molecule has 0 aliphatic rings. The molecule has 0 spiro atoms. The second-order valence-electron chi connectivity index (χ2n) is 4.18. The third kappa shape index (κ3) is 2.63. The minimum absolute atomic E-state index is 0.0496. The van der Waals surface area contributed by atoms with Gasteiger partial charge in [0.05, 0.1) is 23.1 Å². The molecular weight excluding hydrogens is 243 g/mol. The Morgan fingerprint density at radius 2 is 2.21 bits per heavy atom. The molecule has 1 aromatic carbocycles. The summed E-state index contributed by atoms with van der Waals surface area (Å²) in [5.74, 6) is -0.482. The van der Waals surface area contributed by atoms with Crippen LogP contribution in [0.15, 0.2) is 36.7 Å². The van der Waals surface area contributed by atoms with Gasteiger partial charge in [-0.2, -0.15) is 5.26 Å². The highest BCUT2D eigenvalue weighted by atomic mass is 19.1. The van der Waals surface area contributed by atoms with Gasteiger partial charge in [-0.25, -0.2) is 4.39 Å². The molecule has 1 aromatic heterocycles. The Balaban J connectivity index is 2.28. The number of pyridine rings is 1. The lowest BCUT2D eigenvalue weighted by molar-refractivity contribution is 0.604. The molecule has 2 N–H and O–H groups in total. The van der Waals surface area contributed by atoms with E-state index in [4.69, 9.17) is 11.0 Å². The number of rotatable bonds is 3. The zero-order valence-electron chi connectivity index (χ0n) is 10.5. The van der Waals surface area contributed by atoms with Crippen LogP contribution in [0.25, 0.3) is 0 Å². The average Bonchev–Trinajstić information content (AvgIpc) is 2.41. The molecule has 0 aliphatic heterocycles. The molecule has 4 nitrogen and oxygen atoms in total. The van der Waals surface area contributed by atoms with Gasteiger partial charge in [-0.05, 0) is 12.1 Å². The Labute approximate surface area is 110 Å². The summed E-state index contributed by atoms with van der Waals surface area (Å²) < 4.78 is 14.0. The molecule has 0 fully saturated rings. The van der Waals surface area contributed by atoms with Crippen molar-refractivity contribution in [2.24, 2.45) is 0 Å². The molecule has 1 heterocycles. The number of halogens is 1. The van der Waals surface area contributed by atoms with Crippen molar-refractivity contribution in [2.75, 3.05) is 17.7 Å². The molecule has 0 amide bonds. The van der Waals surface area contributed by atoms with Gasteiger partial charge in [0.15, 0.2) is 0 Å². The molecular formula is C14H13FN4. The van der Waals surface area contributed by atoms with Gasteiger partial charge in [0, 0.05) is 25.4 Å². The molecule has 0 unspecified atom stereocenters. The number of benzene rings is 1. The van der Waals surface area contributed by atoms with Crippen LogP contribution in [0.1, 0.15) is 11.1 Å². The lowest BCUT2D eigenvalue weighted by Gasteiger charge is -2.21. The fraction of sp³-hybridized carbons (Fsp3) is 0.143. The largest absolute Gasteiger partial charge is 0.396 e. The van der Waals surface area contributed by atoms with Gasteiger partial charge in [-0.3, -0.25) is 4.98 Å². The molecule has 0 saturated carbocycles. The standard InChI is InChI=1S/C14H13FN4/c1-19(13-5-6-18-8-12(13)17)9-11-4-2-3-10(7-16)14(11)15/h2-6,8H,9,17H2,1H3. The normalized spacial score (nSPS) is 9.95. The minimum Gasteiger partial charge on any atom is -0.396 e. The molecule has 0 bridgehead atoms. The van der Waals surface area contributed by atoms with Gasteiger partial charge in [-0.15, -0.1) is 0 Å². The van der Waals surface area contributed by atoms with Crippen molar-refractivity contribution >= 4 is 11.4 Å². The van der Waals surface area contributed by atoms with E-state index in [1.807, 2.05) is 18.0 Å². The maximum atomic E-state index is 14.0. The van der Waals surface area contributed by atoms with Crippen molar-refractivity contribution in [3.8, 4) is 6.07 Å². The number of hydrogen-bond donors (Lipinski definition) is 1. The monoisotopic (exact) mass is 256 g/mol. The highest BCUT2D eigenvalue weighted by Gasteiger charge is 2.11. The van der Waals surface area contributed by atoms with Crippen LogP contribution >= 0.6 is 0 Å². The predicted molar refractivity (Wildman–Crippen MR) is 71.9 cm³/mol. The first-order chi connectivity index (χ1) is 9.13. The molecule has 0 saturated heterocycles. The second kappa shape index (κ2) is 5.36. The van der Waals surface area contributed by atoms with E-state index < -0.39 is 5.82 Å². The van der Waals surface area contributed by atoms with Crippen LogP contribution in [0.5, 0.6) is 0 Å². The number of nitrogens with two attached hydrogens (primary N) is 1. The van der Waals surface area contributed by atoms with Crippen LogP contribution < -0.4 is 10.6 Å². The first-order valence-corrected chi connectivity index (χ1v) is 5.71. The van der Waals surface area contributed by atoms with Crippen molar-refractivity contribution in [1.82, 2.24) is 4.98 Å². The molecule has 0 atom stereocenters. The van der Waals surface area contributed by atoms with Gasteiger partial charge in [0.1, 0.15) is 11.9 Å². The van der Waals surface area contributed by atoms with Crippen molar-refractivity contribution in [1.29, 1.82) is 5.26 Å². The summed E-state index contributed by atoms with van der Waals surface area (Å²) in [6, 6.07) is 8.38. The SMILES string of the molecule is CN(Cc1cccc(C#N)c1F)c1ccncc1N. The fourth-order valence-electron chi connectivity index (χ4n) is 1.88. The van der Waals surface area contributed by atoms with E-state index in [0.717, 1.165) is 5.69 Å². The highest BCUT2D eigenvalue weighted by Crippen LogP contribution is 2.23. The number of nitrogen functional groups attached to an aromatic ring is 1. The van der Waals surface area contributed by atoms with Gasteiger partial charge in [-0.1, -0.05) is 12.1 Å².